The molecule has 1 atom stereocenters. The maximum atomic E-state index is 11.5. The summed E-state index contributed by atoms with van der Waals surface area (Å²) in [6.07, 6.45) is 0.392. The monoisotopic (exact) mass is 288 g/mol. The van der Waals surface area contributed by atoms with Gasteiger partial charge >= 0.3 is 5.69 Å². The molecule has 0 spiro atoms. The first kappa shape index (κ1) is 13.8. The van der Waals surface area contributed by atoms with Gasteiger partial charge in [-0.25, -0.2) is 13.1 Å². The Bertz CT molecular complexity index is 620. The maximum absolute atomic E-state index is 11.5. The smallest absolute Gasteiger partial charge is 0.334 e. The number of hydrogen-bond acceptors (Lipinski definition) is 6. The molecule has 2 heterocycles. The fourth-order valence-electron chi connectivity index (χ4n) is 2.28. The van der Waals surface area contributed by atoms with Crippen LogP contribution in [0, 0.1) is 10.1 Å². The van der Waals surface area contributed by atoms with Gasteiger partial charge in [-0.3, -0.25) is 10.1 Å². The van der Waals surface area contributed by atoms with Crippen LogP contribution in [0.25, 0.3) is 0 Å². The van der Waals surface area contributed by atoms with E-state index < -0.39 is 20.8 Å². The van der Waals surface area contributed by atoms with Crippen LogP contribution in [0.4, 0.5) is 11.5 Å². The number of hydrogen-bond donors (Lipinski definition) is 1. The van der Waals surface area contributed by atoms with Crippen molar-refractivity contribution in [3.63, 3.8) is 0 Å². The molecule has 2 rings (SSSR count). The highest BCUT2D eigenvalue weighted by molar-refractivity contribution is 7.91. The zero-order valence-electron chi connectivity index (χ0n) is 10.7. The van der Waals surface area contributed by atoms with Crippen LogP contribution in [0.2, 0.25) is 0 Å². The van der Waals surface area contributed by atoms with E-state index in [1.54, 1.807) is 13.8 Å². The Morgan fingerprint density at radius 1 is 1.53 bits per heavy atom. The number of anilines is 1. The lowest BCUT2D eigenvalue weighted by atomic mass is 10.1. The third kappa shape index (κ3) is 2.42. The normalized spacial score (nSPS) is 21.9. The maximum Gasteiger partial charge on any atom is 0.334 e. The summed E-state index contributed by atoms with van der Waals surface area (Å²) < 4.78 is 24.2. The molecule has 1 fully saturated rings. The Morgan fingerprint density at radius 3 is 2.53 bits per heavy atom. The molecule has 2 N–H and O–H groups in total. The fraction of sp³-hybridized carbons (Fsp3) is 0.700. The first-order valence-electron chi connectivity index (χ1n) is 5.95. The van der Waals surface area contributed by atoms with Crippen LogP contribution in [-0.4, -0.2) is 34.6 Å². The van der Waals surface area contributed by atoms with Gasteiger partial charge in [0.25, 0.3) is 0 Å². The second-order valence-electron chi connectivity index (χ2n) is 5.03. The molecule has 106 valence electrons. The van der Waals surface area contributed by atoms with Crippen LogP contribution in [-0.2, 0) is 9.84 Å². The van der Waals surface area contributed by atoms with Crippen LogP contribution in [0.15, 0.2) is 0 Å². The lowest BCUT2D eigenvalue weighted by Gasteiger charge is -2.09. The van der Waals surface area contributed by atoms with Gasteiger partial charge in [0.1, 0.15) is 5.69 Å². The summed E-state index contributed by atoms with van der Waals surface area (Å²) in [6.45, 7) is 3.56. The number of aromatic nitrogens is 2. The zero-order chi connectivity index (χ0) is 14.4. The van der Waals surface area contributed by atoms with Crippen molar-refractivity contribution in [2.45, 2.75) is 32.2 Å². The second-order valence-corrected chi connectivity index (χ2v) is 7.26. The predicted molar refractivity (Wildman–Crippen MR) is 69.7 cm³/mol. The SMILES string of the molecule is CC(C)c1nn(C2CCS(=O)(=O)C2)c(N)c1[N+](=O)[O-]. The Hall–Kier alpha value is -1.64. The Balaban J connectivity index is 2.48. The molecule has 0 radical (unpaired) electrons. The average Bonchev–Trinajstić information content (AvgIpc) is 2.78. The van der Waals surface area contributed by atoms with E-state index in [1.807, 2.05) is 0 Å². The van der Waals surface area contributed by atoms with Gasteiger partial charge in [0.2, 0.25) is 5.82 Å². The van der Waals surface area contributed by atoms with Crippen molar-refractivity contribution in [2.24, 2.45) is 0 Å². The summed E-state index contributed by atoms with van der Waals surface area (Å²) in [5.41, 5.74) is 5.86. The fourth-order valence-corrected chi connectivity index (χ4v) is 3.97. The Labute approximate surface area is 110 Å². The molecule has 1 aromatic heterocycles. The summed E-state index contributed by atoms with van der Waals surface area (Å²) in [6, 6.07) is -0.406. The van der Waals surface area contributed by atoms with Gasteiger partial charge < -0.3 is 5.73 Å². The highest BCUT2D eigenvalue weighted by Crippen LogP contribution is 2.35. The molecule has 1 saturated heterocycles. The second kappa shape index (κ2) is 4.48. The van der Waals surface area contributed by atoms with Crippen LogP contribution in [0.5, 0.6) is 0 Å². The summed E-state index contributed by atoms with van der Waals surface area (Å²) in [5.74, 6) is -0.201. The zero-order valence-corrected chi connectivity index (χ0v) is 11.6. The number of sulfone groups is 1. The highest BCUT2D eigenvalue weighted by Gasteiger charge is 2.35. The third-order valence-corrected chi connectivity index (χ3v) is 4.98. The molecule has 9 heteroatoms. The Morgan fingerprint density at radius 2 is 2.16 bits per heavy atom. The minimum Gasteiger partial charge on any atom is -0.378 e. The van der Waals surface area contributed by atoms with Gasteiger partial charge in [0.15, 0.2) is 9.84 Å². The summed E-state index contributed by atoms with van der Waals surface area (Å²) in [7, 11) is -3.09. The highest BCUT2D eigenvalue weighted by atomic mass is 32.2. The third-order valence-electron chi connectivity index (χ3n) is 3.23. The van der Waals surface area contributed by atoms with Crippen molar-refractivity contribution in [1.29, 1.82) is 0 Å². The van der Waals surface area contributed by atoms with E-state index in [2.05, 4.69) is 5.10 Å². The predicted octanol–water partition coefficient (Wildman–Crippen LogP) is 0.857. The number of nitro groups is 1. The van der Waals surface area contributed by atoms with Gasteiger partial charge in [-0.15, -0.1) is 0 Å². The van der Waals surface area contributed by atoms with Crippen molar-refractivity contribution in [2.75, 3.05) is 17.2 Å². The Kier molecular flexibility index (Phi) is 3.25. The number of nitrogens with zero attached hydrogens (tertiary/aromatic N) is 3. The lowest BCUT2D eigenvalue weighted by molar-refractivity contribution is -0.384. The van der Waals surface area contributed by atoms with E-state index in [9.17, 15) is 18.5 Å². The standard InChI is InChI=1S/C10H16N4O4S/c1-6(2)8-9(14(15)16)10(11)13(12-8)7-3-4-19(17,18)5-7/h6-7H,3-5,11H2,1-2H3. The van der Waals surface area contributed by atoms with Crippen molar-refractivity contribution in [1.82, 2.24) is 9.78 Å². The van der Waals surface area contributed by atoms with Crippen molar-refractivity contribution < 1.29 is 13.3 Å². The molecule has 1 aliphatic heterocycles. The largest absolute Gasteiger partial charge is 0.378 e. The average molecular weight is 288 g/mol. The van der Waals surface area contributed by atoms with Crippen LogP contribution < -0.4 is 5.73 Å². The molecule has 0 bridgehead atoms. The lowest BCUT2D eigenvalue weighted by Crippen LogP contribution is -2.15. The van der Waals surface area contributed by atoms with Gasteiger partial charge in [-0.1, -0.05) is 13.8 Å². The molecule has 0 aliphatic carbocycles. The van der Waals surface area contributed by atoms with E-state index in [1.165, 1.54) is 4.68 Å². The molecule has 0 saturated carbocycles. The molecular weight excluding hydrogens is 272 g/mol. The summed E-state index contributed by atoms with van der Waals surface area (Å²) in [5, 5.41) is 15.2. The molecule has 0 amide bonds. The molecule has 1 unspecified atom stereocenters. The molecule has 1 aliphatic rings. The molecule has 1 aromatic rings. The quantitative estimate of drug-likeness (QED) is 0.650. The first-order chi connectivity index (χ1) is 8.73. The molecule has 19 heavy (non-hydrogen) atoms. The van der Waals surface area contributed by atoms with Crippen molar-refractivity contribution >= 4 is 21.3 Å². The molecule has 0 aromatic carbocycles. The summed E-state index contributed by atoms with van der Waals surface area (Å²) in [4.78, 5) is 10.5. The van der Waals surface area contributed by atoms with Gasteiger partial charge in [-0.05, 0) is 6.42 Å². The van der Waals surface area contributed by atoms with Crippen LogP contribution in [0.1, 0.15) is 37.9 Å². The van der Waals surface area contributed by atoms with Crippen LogP contribution >= 0.6 is 0 Å². The van der Waals surface area contributed by atoms with E-state index in [0.717, 1.165) is 0 Å². The topological polar surface area (TPSA) is 121 Å². The first-order valence-corrected chi connectivity index (χ1v) is 7.77. The van der Waals surface area contributed by atoms with E-state index >= 15 is 0 Å². The van der Waals surface area contributed by atoms with E-state index in [0.29, 0.717) is 12.1 Å². The molecule has 8 nitrogen and oxygen atoms in total. The minimum atomic E-state index is -3.09. The van der Waals surface area contributed by atoms with Gasteiger partial charge in [0, 0.05) is 5.92 Å². The van der Waals surface area contributed by atoms with Crippen molar-refractivity contribution in [3.05, 3.63) is 15.8 Å². The minimum absolute atomic E-state index is 0.0594. The number of nitrogen functional groups attached to an aromatic ring is 1. The van der Waals surface area contributed by atoms with Crippen LogP contribution in [0.3, 0.4) is 0 Å². The van der Waals surface area contributed by atoms with Crippen molar-refractivity contribution in [3.8, 4) is 0 Å². The van der Waals surface area contributed by atoms with E-state index in [4.69, 9.17) is 5.73 Å². The van der Waals surface area contributed by atoms with Gasteiger partial charge in [0.05, 0.1) is 22.5 Å². The van der Waals surface area contributed by atoms with Gasteiger partial charge in [-0.2, -0.15) is 5.10 Å². The number of nitrogens with two attached hydrogens (primary N) is 1. The summed E-state index contributed by atoms with van der Waals surface area (Å²) >= 11 is 0. The number of rotatable bonds is 3. The van der Waals surface area contributed by atoms with E-state index in [-0.39, 0.29) is 28.9 Å². The molecular formula is C10H16N4O4S.